The first kappa shape index (κ1) is 14.4. The van der Waals surface area contributed by atoms with E-state index >= 15 is 0 Å². The first-order chi connectivity index (χ1) is 8.91. The Bertz CT molecular complexity index is 479. The van der Waals surface area contributed by atoms with E-state index < -0.39 is 0 Å². The molecule has 3 nitrogen and oxygen atoms in total. The highest BCUT2D eigenvalue weighted by Crippen LogP contribution is 2.23. The zero-order valence-electron chi connectivity index (χ0n) is 11.8. The van der Waals surface area contributed by atoms with Crippen LogP contribution in [-0.4, -0.2) is 36.5 Å². The lowest BCUT2D eigenvalue weighted by atomic mass is 9.89. The summed E-state index contributed by atoms with van der Waals surface area (Å²) in [5.74, 6) is -0.0212. The number of carbonyl (C=O) groups is 1. The van der Waals surface area contributed by atoms with Crippen molar-refractivity contribution >= 4 is 17.5 Å². The van der Waals surface area contributed by atoms with Gasteiger partial charge in [0, 0.05) is 29.2 Å². The maximum Gasteiger partial charge on any atom is 0.252 e. The molecular formula is C15H21ClN2O. The van der Waals surface area contributed by atoms with Crippen molar-refractivity contribution in [2.75, 3.05) is 20.1 Å². The van der Waals surface area contributed by atoms with Gasteiger partial charge in [0.25, 0.3) is 5.91 Å². The predicted octanol–water partition coefficient (Wildman–Crippen LogP) is 2.86. The standard InChI is InChI=1S/C15H21ClN2O/c1-11-12(5-4-6-13(11)16)14(19)17-15(2)7-9-18(3)10-8-15/h4-6H,7-10H2,1-3H3,(H,17,19). The Balaban J connectivity index is 2.11. The molecule has 0 unspecified atom stereocenters. The summed E-state index contributed by atoms with van der Waals surface area (Å²) in [5.41, 5.74) is 1.41. The molecule has 2 rings (SSSR count). The van der Waals surface area contributed by atoms with E-state index in [0.717, 1.165) is 31.5 Å². The molecule has 1 aliphatic heterocycles. The molecule has 0 atom stereocenters. The van der Waals surface area contributed by atoms with E-state index in [2.05, 4.69) is 24.2 Å². The second-order valence-corrected chi connectivity index (χ2v) is 6.14. The van der Waals surface area contributed by atoms with Crippen LogP contribution in [0.3, 0.4) is 0 Å². The molecular weight excluding hydrogens is 260 g/mol. The Morgan fingerprint density at radius 3 is 2.63 bits per heavy atom. The number of benzene rings is 1. The van der Waals surface area contributed by atoms with Crippen LogP contribution in [-0.2, 0) is 0 Å². The zero-order valence-corrected chi connectivity index (χ0v) is 12.5. The summed E-state index contributed by atoms with van der Waals surface area (Å²) in [4.78, 5) is 14.7. The first-order valence-corrected chi connectivity index (χ1v) is 7.05. The van der Waals surface area contributed by atoms with Crippen LogP contribution in [0.25, 0.3) is 0 Å². The molecule has 0 saturated carbocycles. The maximum absolute atomic E-state index is 12.4. The van der Waals surface area contributed by atoms with Gasteiger partial charge in [0.15, 0.2) is 0 Å². The van der Waals surface area contributed by atoms with Gasteiger partial charge in [-0.05, 0) is 51.4 Å². The SMILES string of the molecule is Cc1c(Cl)cccc1C(=O)NC1(C)CCN(C)CC1. The highest BCUT2D eigenvalue weighted by molar-refractivity contribution is 6.31. The smallest absolute Gasteiger partial charge is 0.252 e. The molecule has 0 spiro atoms. The van der Waals surface area contributed by atoms with Crippen molar-refractivity contribution in [1.82, 2.24) is 10.2 Å². The van der Waals surface area contributed by atoms with Crippen LogP contribution >= 0.6 is 11.6 Å². The van der Waals surface area contributed by atoms with Gasteiger partial charge in [0.05, 0.1) is 0 Å². The third-order valence-corrected chi connectivity index (χ3v) is 4.43. The van der Waals surface area contributed by atoms with Gasteiger partial charge in [-0.25, -0.2) is 0 Å². The fourth-order valence-corrected chi connectivity index (χ4v) is 2.61. The van der Waals surface area contributed by atoms with E-state index in [9.17, 15) is 4.79 Å². The van der Waals surface area contributed by atoms with Gasteiger partial charge in [0.2, 0.25) is 0 Å². The number of nitrogens with zero attached hydrogens (tertiary/aromatic N) is 1. The van der Waals surface area contributed by atoms with Crippen molar-refractivity contribution in [3.8, 4) is 0 Å². The largest absolute Gasteiger partial charge is 0.347 e. The number of amides is 1. The molecule has 1 aliphatic rings. The zero-order chi connectivity index (χ0) is 14.0. The number of halogens is 1. The second kappa shape index (κ2) is 5.51. The van der Waals surface area contributed by atoms with Gasteiger partial charge in [-0.15, -0.1) is 0 Å². The summed E-state index contributed by atoms with van der Waals surface area (Å²) in [6.07, 6.45) is 1.96. The molecule has 0 radical (unpaired) electrons. The summed E-state index contributed by atoms with van der Waals surface area (Å²) in [7, 11) is 2.11. The second-order valence-electron chi connectivity index (χ2n) is 5.73. The monoisotopic (exact) mass is 280 g/mol. The van der Waals surface area contributed by atoms with Crippen LogP contribution in [0.1, 0.15) is 35.7 Å². The highest BCUT2D eigenvalue weighted by atomic mass is 35.5. The average Bonchev–Trinajstić information content (AvgIpc) is 2.36. The molecule has 0 aromatic heterocycles. The minimum Gasteiger partial charge on any atom is -0.347 e. The van der Waals surface area contributed by atoms with Crippen molar-refractivity contribution < 1.29 is 4.79 Å². The normalized spacial score (nSPS) is 19.2. The van der Waals surface area contributed by atoms with E-state index in [0.29, 0.717) is 10.6 Å². The van der Waals surface area contributed by atoms with Gasteiger partial charge in [-0.2, -0.15) is 0 Å². The lowest BCUT2D eigenvalue weighted by Gasteiger charge is -2.38. The Kier molecular flexibility index (Phi) is 4.16. The van der Waals surface area contributed by atoms with Gasteiger partial charge in [-0.1, -0.05) is 17.7 Å². The number of hydrogen-bond donors (Lipinski definition) is 1. The first-order valence-electron chi connectivity index (χ1n) is 6.67. The lowest BCUT2D eigenvalue weighted by molar-refractivity contribution is 0.0851. The minimum atomic E-state index is -0.113. The van der Waals surface area contributed by atoms with Gasteiger partial charge in [-0.3, -0.25) is 4.79 Å². The van der Waals surface area contributed by atoms with Crippen molar-refractivity contribution in [3.05, 3.63) is 34.3 Å². The van der Waals surface area contributed by atoms with Crippen LogP contribution in [0.4, 0.5) is 0 Å². The Hall–Kier alpha value is -1.06. The Morgan fingerprint density at radius 1 is 1.37 bits per heavy atom. The number of likely N-dealkylation sites (tertiary alicyclic amines) is 1. The Morgan fingerprint density at radius 2 is 2.00 bits per heavy atom. The van der Waals surface area contributed by atoms with Crippen molar-refractivity contribution in [1.29, 1.82) is 0 Å². The molecule has 1 saturated heterocycles. The van der Waals surface area contributed by atoms with Crippen LogP contribution in [0.2, 0.25) is 5.02 Å². The number of piperidine rings is 1. The molecule has 1 heterocycles. The van der Waals surface area contributed by atoms with Crippen molar-refractivity contribution in [2.24, 2.45) is 0 Å². The summed E-state index contributed by atoms with van der Waals surface area (Å²) >= 11 is 6.07. The minimum absolute atomic E-state index is 0.0212. The van der Waals surface area contributed by atoms with E-state index in [1.807, 2.05) is 25.1 Å². The summed E-state index contributed by atoms with van der Waals surface area (Å²) in [6, 6.07) is 5.46. The number of hydrogen-bond acceptors (Lipinski definition) is 2. The number of nitrogens with one attached hydrogen (secondary N) is 1. The summed E-state index contributed by atoms with van der Waals surface area (Å²) in [6.45, 7) is 6.04. The van der Waals surface area contributed by atoms with Crippen molar-refractivity contribution in [3.63, 3.8) is 0 Å². The van der Waals surface area contributed by atoms with Crippen LogP contribution in [0.15, 0.2) is 18.2 Å². The third kappa shape index (κ3) is 3.28. The summed E-state index contributed by atoms with van der Waals surface area (Å²) in [5, 5.41) is 3.82. The quantitative estimate of drug-likeness (QED) is 0.903. The molecule has 0 aliphatic carbocycles. The van der Waals surface area contributed by atoms with Crippen LogP contribution in [0, 0.1) is 6.92 Å². The van der Waals surface area contributed by atoms with Gasteiger partial charge in [0.1, 0.15) is 0 Å². The lowest BCUT2D eigenvalue weighted by Crippen LogP contribution is -2.52. The molecule has 1 aromatic rings. The molecule has 1 fully saturated rings. The molecule has 1 aromatic carbocycles. The van der Waals surface area contributed by atoms with E-state index in [1.54, 1.807) is 0 Å². The fourth-order valence-electron chi connectivity index (χ4n) is 2.43. The Labute approximate surface area is 119 Å². The summed E-state index contributed by atoms with van der Waals surface area (Å²) < 4.78 is 0. The highest BCUT2D eigenvalue weighted by Gasteiger charge is 2.30. The maximum atomic E-state index is 12.4. The fraction of sp³-hybridized carbons (Fsp3) is 0.533. The molecule has 19 heavy (non-hydrogen) atoms. The molecule has 1 amide bonds. The number of carbonyl (C=O) groups excluding carboxylic acids is 1. The molecule has 1 N–H and O–H groups in total. The van der Waals surface area contributed by atoms with Crippen molar-refractivity contribution in [2.45, 2.75) is 32.2 Å². The van der Waals surface area contributed by atoms with Crippen LogP contribution in [0.5, 0.6) is 0 Å². The van der Waals surface area contributed by atoms with Gasteiger partial charge < -0.3 is 10.2 Å². The average molecular weight is 281 g/mol. The predicted molar refractivity (Wildman–Crippen MR) is 78.8 cm³/mol. The van der Waals surface area contributed by atoms with E-state index in [-0.39, 0.29) is 11.4 Å². The van der Waals surface area contributed by atoms with Gasteiger partial charge >= 0.3 is 0 Å². The molecule has 4 heteroatoms. The number of rotatable bonds is 2. The topological polar surface area (TPSA) is 32.3 Å². The van der Waals surface area contributed by atoms with E-state index in [1.165, 1.54) is 0 Å². The molecule has 0 bridgehead atoms. The van der Waals surface area contributed by atoms with Crippen LogP contribution < -0.4 is 5.32 Å². The van der Waals surface area contributed by atoms with E-state index in [4.69, 9.17) is 11.6 Å². The third-order valence-electron chi connectivity index (χ3n) is 4.02. The molecule has 104 valence electrons.